The number of nitrogens with one attached hydrogen (secondary N) is 1. The summed E-state index contributed by atoms with van der Waals surface area (Å²) in [7, 11) is 0. The SMILES string of the molecule is O=C1CN(Cc2ccccc2)C(=O)C(Cc2ccc(O)cc2)N1. The second kappa shape index (κ2) is 6.52. The van der Waals surface area contributed by atoms with Crippen LogP contribution in [0.4, 0.5) is 0 Å². The minimum Gasteiger partial charge on any atom is -0.508 e. The van der Waals surface area contributed by atoms with Crippen LogP contribution >= 0.6 is 0 Å². The molecule has 0 radical (unpaired) electrons. The predicted molar refractivity (Wildman–Crippen MR) is 85.6 cm³/mol. The van der Waals surface area contributed by atoms with Crippen LogP contribution in [0.15, 0.2) is 54.6 Å². The van der Waals surface area contributed by atoms with Crippen molar-refractivity contribution in [3.63, 3.8) is 0 Å². The molecule has 118 valence electrons. The fourth-order valence-corrected chi connectivity index (χ4v) is 2.72. The topological polar surface area (TPSA) is 69.6 Å². The van der Waals surface area contributed by atoms with Crippen molar-refractivity contribution in [2.75, 3.05) is 6.54 Å². The first-order chi connectivity index (χ1) is 11.1. The Morgan fingerprint density at radius 1 is 1.00 bits per heavy atom. The van der Waals surface area contributed by atoms with Crippen molar-refractivity contribution in [2.24, 2.45) is 0 Å². The second-order valence-corrected chi connectivity index (χ2v) is 5.67. The third kappa shape index (κ3) is 3.69. The van der Waals surface area contributed by atoms with Gasteiger partial charge in [-0.1, -0.05) is 42.5 Å². The molecule has 1 heterocycles. The van der Waals surface area contributed by atoms with Crippen molar-refractivity contribution < 1.29 is 14.7 Å². The third-order valence-electron chi connectivity index (χ3n) is 3.87. The van der Waals surface area contributed by atoms with E-state index in [4.69, 9.17) is 0 Å². The molecule has 1 saturated heterocycles. The molecule has 5 nitrogen and oxygen atoms in total. The molecule has 2 aromatic carbocycles. The predicted octanol–water partition coefficient (Wildman–Crippen LogP) is 1.46. The van der Waals surface area contributed by atoms with Gasteiger partial charge in [0.25, 0.3) is 0 Å². The minimum absolute atomic E-state index is 0.0819. The first-order valence-electron chi connectivity index (χ1n) is 7.52. The molecule has 23 heavy (non-hydrogen) atoms. The maximum atomic E-state index is 12.6. The van der Waals surface area contributed by atoms with E-state index in [1.165, 1.54) is 0 Å². The Morgan fingerprint density at radius 2 is 1.70 bits per heavy atom. The van der Waals surface area contributed by atoms with Crippen LogP contribution in [-0.2, 0) is 22.6 Å². The second-order valence-electron chi connectivity index (χ2n) is 5.67. The zero-order valence-electron chi connectivity index (χ0n) is 12.6. The molecule has 0 bridgehead atoms. The molecule has 2 N–H and O–H groups in total. The van der Waals surface area contributed by atoms with Gasteiger partial charge in [-0.25, -0.2) is 0 Å². The van der Waals surface area contributed by atoms with E-state index in [0.717, 1.165) is 11.1 Å². The quantitative estimate of drug-likeness (QED) is 0.898. The largest absolute Gasteiger partial charge is 0.508 e. The number of phenolic OH excluding ortho intramolecular Hbond substituents is 1. The van der Waals surface area contributed by atoms with Gasteiger partial charge in [-0.15, -0.1) is 0 Å². The van der Waals surface area contributed by atoms with Gasteiger partial charge in [0, 0.05) is 13.0 Å². The lowest BCUT2D eigenvalue weighted by atomic mass is 10.0. The Hall–Kier alpha value is -2.82. The minimum atomic E-state index is -0.565. The number of carbonyl (C=O) groups is 2. The lowest BCUT2D eigenvalue weighted by Gasteiger charge is -2.32. The zero-order valence-corrected chi connectivity index (χ0v) is 12.6. The summed E-state index contributed by atoms with van der Waals surface area (Å²) in [5.74, 6) is -0.0516. The van der Waals surface area contributed by atoms with Gasteiger partial charge in [0.15, 0.2) is 0 Å². The van der Waals surface area contributed by atoms with Crippen LogP contribution in [0.25, 0.3) is 0 Å². The number of hydrogen-bond donors (Lipinski definition) is 2. The fraction of sp³-hybridized carbons (Fsp3) is 0.222. The van der Waals surface area contributed by atoms with E-state index in [1.54, 1.807) is 29.2 Å². The Balaban J connectivity index is 1.72. The number of piperazine rings is 1. The molecule has 0 saturated carbocycles. The van der Waals surface area contributed by atoms with Crippen molar-refractivity contribution in [1.29, 1.82) is 0 Å². The number of rotatable bonds is 4. The van der Waals surface area contributed by atoms with Gasteiger partial charge >= 0.3 is 0 Å². The maximum Gasteiger partial charge on any atom is 0.246 e. The number of phenols is 1. The van der Waals surface area contributed by atoms with Crippen LogP contribution in [-0.4, -0.2) is 34.4 Å². The molecule has 5 heteroatoms. The highest BCUT2D eigenvalue weighted by Crippen LogP contribution is 2.15. The van der Waals surface area contributed by atoms with E-state index in [0.29, 0.717) is 13.0 Å². The van der Waals surface area contributed by atoms with Crippen molar-refractivity contribution in [3.8, 4) is 5.75 Å². The van der Waals surface area contributed by atoms with Gasteiger partial charge in [0.1, 0.15) is 11.8 Å². The van der Waals surface area contributed by atoms with E-state index in [-0.39, 0.29) is 24.1 Å². The zero-order chi connectivity index (χ0) is 16.2. The standard InChI is InChI=1S/C18H18N2O3/c21-15-8-6-13(7-9-15)10-16-18(23)20(12-17(22)19-16)11-14-4-2-1-3-5-14/h1-9,16,21H,10-12H2,(H,19,22). The Morgan fingerprint density at radius 3 is 2.39 bits per heavy atom. The van der Waals surface area contributed by atoms with Crippen LogP contribution in [0.5, 0.6) is 5.75 Å². The Labute approximate surface area is 134 Å². The summed E-state index contributed by atoms with van der Waals surface area (Å²) < 4.78 is 0. The lowest BCUT2D eigenvalue weighted by molar-refractivity contribution is -0.144. The molecule has 2 aromatic rings. The van der Waals surface area contributed by atoms with Crippen molar-refractivity contribution >= 4 is 11.8 Å². The lowest BCUT2D eigenvalue weighted by Crippen LogP contribution is -2.58. The van der Waals surface area contributed by atoms with Crippen LogP contribution in [0, 0.1) is 0 Å². The highest BCUT2D eigenvalue weighted by Gasteiger charge is 2.32. The summed E-state index contributed by atoms with van der Waals surface area (Å²) in [4.78, 5) is 26.1. The van der Waals surface area contributed by atoms with E-state index in [9.17, 15) is 14.7 Å². The number of aromatic hydroxyl groups is 1. The van der Waals surface area contributed by atoms with Gasteiger partial charge in [0.05, 0.1) is 6.54 Å². The monoisotopic (exact) mass is 310 g/mol. The molecular formula is C18H18N2O3. The summed E-state index contributed by atoms with van der Waals surface area (Å²) in [5, 5.41) is 12.1. The van der Waals surface area contributed by atoms with Crippen molar-refractivity contribution in [3.05, 3.63) is 65.7 Å². The van der Waals surface area contributed by atoms with Gasteiger partial charge < -0.3 is 15.3 Å². The molecule has 1 atom stereocenters. The molecule has 1 unspecified atom stereocenters. The van der Waals surface area contributed by atoms with Crippen molar-refractivity contribution in [2.45, 2.75) is 19.0 Å². The molecule has 1 aliphatic heterocycles. The van der Waals surface area contributed by atoms with Crippen LogP contribution < -0.4 is 5.32 Å². The summed E-state index contributed by atoms with van der Waals surface area (Å²) in [6, 6.07) is 15.7. The van der Waals surface area contributed by atoms with Gasteiger partial charge in [-0.3, -0.25) is 9.59 Å². The Kier molecular flexibility index (Phi) is 4.28. The van der Waals surface area contributed by atoms with Crippen LogP contribution in [0.1, 0.15) is 11.1 Å². The number of amides is 2. The number of nitrogens with zero attached hydrogens (tertiary/aromatic N) is 1. The first-order valence-corrected chi connectivity index (χ1v) is 7.52. The van der Waals surface area contributed by atoms with E-state index >= 15 is 0 Å². The van der Waals surface area contributed by atoms with Gasteiger partial charge in [-0.05, 0) is 23.3 Å². The summed E-state index contributed by atoms with van der Waals surface area (Å²) in [5.41, 5.74) is 1.89. The fourth-order valence-electron chi connectivity index (χ4n) is 2.72. The average Bonchev–Trinajstić information content (AvgIpc) is 2.55. The summed E-state index contributed by atoms with van der Waals surface area (Å²) in [6.07, 6.45) is 0.413. The molecule has 0 spiro atoms. The van der Waals surface area contributed by atoms with Gasteiger partial charge in [0.2, 0.25) is 11.8 Å². The van der Waals surface area contributed by atoms with Gasteiger partial charge in [-0.2, -0.15) is 0 Å². The normalized spacial score (nSPS) is 17.9. The number of carbonyl (C=O) groups excluding carboxylic acids is 2. The number of hydrogen-bond acceptors (Lipinski definition) is 3. The number of benzene rings is 2. The first kappa shape index (κ1) is 15.1. The molecule has 2 amide bonds. The molecule has 1 aliphatic rings. The Bertz CT molecular complexity index is 698. The molecule has 0 aromatic heterocycles. The smallest absolute Gasteiger partial charge is 0.246 e. The summed E-state index contributed by atoms with van der Waals surface area (Å²) in [6.45, 7) is 0.513. The molecular weight excluding hydrogens is 292 g/mol. The molecule has 1 fully saturated rings. The van der Waals surface area contributed by atoms with E-state index in [1.807, 2.05) is 30.3 Å². The van der Waals surface area contributed by atoms with Crippen LogP contribution in [0.2, 0.25) is 0 Å². The van der Waals surface area contributed by atoms with E-state index in [2.05, 4.69) is 5.32 Å². The molecule has 0 aliphatic carbocycles. The highest BCUT2D eigenvalue weighted by atomic mass is 16.3. The summed E-state index contributed by atoms with van der Waals surface area (Å²) >= 11 is 0. The third-order valence-corrected chi connectivity index (χ3v) is 3.87. The van der Waals surface area contributed by atoms with Crippen LogP contribution in [0.3, 0.4) is 0 Å². The maximum absolute atomic E-state index is 12.6. The van der Waals surface area contributed by atoms with Crippen molar-refractivity contribution in [1.82, 2.24) is 10.2 Å². The van der Waals surface area contributed by atoms with E-state index < -0.39 is 6.04 Å². The average molecular weight is 310 g/mol. The molecule has 3 rings (SSSR count). The highest BCUT2D eigenvalue weighted by molar-refractivity contribution is 5.95.